The van der Waals surface area contributed by atoms with Crippen LogP contribution in [0.4, 0.5) is 0 Å². The SMILES string of the molecule is CC1CCCC(CC(C)C2OCCCCCO2)C1. The highest BCUT2D eigenvalue weighted by Gasteiger charge is 2.26. The molecule has 0 aromatic carbocycles. The van der Waals surface area contributed by atoms with Crippen LogP contribution in [0.25, 0.3) is 0 Å². The van der Waals surface area contributed by atoms with E-state index < -0.39 is 0 Å². The normalized spacial score (nSPS) is 33.7. The molecular formula is C16H30O2. The zero-order valence-electron chi connectivity index (χ0n) is 12.2. The van der Waals surface area contributed by atoms with E-state index >= 15 is 0 Å². The Bertz CT molecular complexity index is 221. The second kappa shape index (κ2) is 7.49. The summed E-state index contributed by atoms with van der Waals surface area (Å²) in [6, 6.07) is 0. The molecule has 0 aromatic rings. The lowest BCUT2D eigenvalue weighted by molar-refractivity contribution is -0.180. The van der Waals surface area contributed by atoms with Crippen molar-refractivity contribution in [3.8, 4) is 0 Å². The van der Waals surface area contributed by atoms with E-state index in [4.69, 9.17) is 9.47 Å². The Morgan fingerprint density at radius 1 is 1.00 bits per heavy atom. The van der Waals surface area contributed by atoms with Crippen LogP contribution in [0.1, 0.15) is 65.2 Å². The molecule has 0 amide bonds. The minimum atomic E-state index is 0.0579. The van der Waals surface area contributed by atoms with Gasteiger partial charge in [0.15, 0.2) is 6.29 Å². The Morgan fingerprint density at radius 3 is 2.39 bits per heavy atom. The van der Waals surface area contributed by atoms with Crippen molar-refractivity contribution in [1.29, 1.82) is 0 Å². The Morgan fingerprint density at radius 2 is 1.72 bits per heavy atom. The average Bonchev–Trinajstić information content (AvgIpc) is 2.28. The molecule has 2 fully saturated rings. The number of rotatable bonds is 3. The standard InChI is InChI=1S/C16H30O2/c1-13-7-6-8-15(11-13)12-14(2)16-17-9-4-3-5-10-18-16/h13-16H,3-12H2,1-2H3. The van der Waals surface area contributed by atoms with Crippen LogP contribution in [0.15, 0.2) is 0 Å². The van der Waals surface area contributed by atoms with Crippen molar-refractivity contribution >= 4 is 0 Å². The van der Waals surface area contributed by atoms with Crippen LogP contribution >= 0.6 is 0 Å². The van der Waals surface area contributed by atoms with E-state index in [0.29, 0.717) is 5.92 Å². The van der Waals surface area contributed by atoms with Crippen LogP contribution in [-0.4, -0.2) is 19.5 Å². The molecule has 0 radical (unpaired) electrons. The van der Waals surface area contributed by atoms with Gasteiger partial charge in [-0.15, -0.1) is 0 Å². The molecule has 2 heteroatoms. The predicted molar refractivity (Wildman–Crippen MR) is 74.4 cm³/mol. The van der Waals surface area contributed by atoms with Gasteiger partial charge in [0, 0.05) is 19.1 Å². The van der Waals surface area contributed by atoms with Gasteiger partial charge in [0.05, 0.1) is 0 Å². The van der Waals surface area contributed by atoms with Crippen LogP contribution in [-0.2, 0) is 9.47 Å². The lowest BCUT2D eigenvalue weighted by atomic mass is 9.78. The van der Waals surface area contributed by atoms with Gasteiger partial charge in [-0.05, 0) is 43.9 Å². The first-order chi connectivity index (χ1) is 8.75. The predicted octanol–water partition coefficient (Wildman–Crippen LogP) is 4.38. The van der Waals surface area contributed by atoms with Crippen molar-refractivity contribution < 1.29 is 9.47 Å². The summed E-state index contributed by atoms with van der Waals surface area (Å²) in [6.07, 6.45) is 10.7. The van der Waals surface area contributed by atoms with Gasteiger partial charge < -0.3 is 9.47 Å². The van der Waals surface area contributed by atoms with Gasteiger partial charge in [-0.25, -0.2) is 0 Å². The maximum absolute atomic E-state index is 5.89. The first-order valence-electron chi connectivity index (χ1n) is 7.99. The molecule has 1 saturated carbocycles. The van der Waals surface area contributed by atoms with Crippen LogP contribution < -0.4 is 0 Å². The number of hydrogen-bond donors (Lipinski definition) is 0. The highest BCUT2D eigenvalue weighted by Crippen LogP contribution is 2.34. The fraction of sp³-hybridized carbons (Fsp3) is 1.00. The van der Waals surface area contributed by atoms with Crippen LogP contribution in [0.5, 0.6) is 0 Å². The van der Waals surface area contributed by atoms with Gasteiger partial charge >= 0.3 is 0 Å². The van der Waals surface area contributed by atoms with E-state index in [9.17, 15) is 0 Å². The Hall–Kier alpha value is -0.0800. The Kier molecular flexibility index (Phi) is 5.97. The molecule has 3 atom stereocenters. The molecule has 1 aliphatic carbocycles. The van der Waals surface area contributed by atoms with Gasteiger partial charge in [0.1, 0.15) is 0 Å². The minimum absolute atomic E-state index is 0.0579. The smallest absolute Gasteiger partial charge is 0.160 e. The third-order valence-electron chi connectivity index (χ3n) is 4.57. The fourth-order valence-corrected chi connectivity index (χ4v) is 3.57. The summed E-state index contributed by atoms with van der Waals surface area (Å²) >= 11 is 0. The molecule has 0 bridgehead atoms. The quantitative estimate of drug-likeness (QED) is 0.744. The number of ether oxygens (including phenoxy) is 2. The van der Waals surface area contributed by atoms with Crippen molar-refractivity contribution in [3.05, 3.63) is 0 Å². The molecule has 3 unspecified atom stereocenters. The summed E-state index contributed by atoms with van der Waals surface area (Å²) in [6.45, 7) is 6.48. The maximum Gasteiger partial charge on any atom is 0.160 e. The van der Waals surface area contributed by atoms with E-state index in [1.54, 1.807) is 0 Å². The van der Waals surface area contributed by atoms with Crippen LogP contribution in [0.3, 0.4) is 0 Å². The van der Waals surface area contributed by atoms with Gasteiger partial charge in [0.25, 0.3) is 0 Å². The first kappa shape index (κ1) is 14.3. The van der Waals surface area contributed by atoms with E-state index in [2.05, 4.69) is 13.8 Å². The third kappa shape index (κ3) is 4.55. The fourth-order valence-electron chi connectivity index (χ4n) is 3.57. The van der Waals surface area contributed by atoms with Gasteiger partial charge in [-0.1, -0.05) is 33.1 Å². The molecule has 1 aliphatic heterocycles. The van der Waals surface area contributed by atoms with Crippen molar-refractivity contribution in [1.82, 2.24) is 0 Å². The van der Waals surface area contributed by atoms with Crippen molar-refractivity contribution in [3.63, 3.8) is 0 Å². The minimum Gasteiger partial charge on any atom is -0.352 e. The Labute approximate surface area is 112 Å². The van der Waals surface area contributed by atoms with Gasteiger partial charge in [-0.2, -0.15) is 0 Å². The highest BCUT2D eigenvalue weighted by atomic mass is 16.7. The lowest BCUT2D eigenvalue weighted by Gasteiger charge is -2.32. The van der Waals surface area contributed by atoms with E-state index in [0.717, 1.165) is 25.0 Å². The highest BCUT2D eigenvalue weighted by molar-refractivity contribution is 4.74. The summed E-state index contributed by atoms with van der Waals surface area (Å²) in [5, 5.41) is 0. The van der Waals surface area contributed by atoms with Crippen LogP contribution in [0, 0.1) is 17.8 Å². The van der Waals surface area contributed by atoms with Crippen molar-refractivity contribution in [2.24, 2.45) is 17.8 Å². The Balaban J connectivity index is 1.76. The zero-order chi connectivity index (χ0) is 12.8. The summed E-state index contributed by atoms with van der Waals surface area (Å²) in [5.41, 5.74) is 0. The summed E-state index contributed by atoms with van der Waals surface area (Å²) in [5.74, 6) is 2.38. The van der Waals surface area contributed by atoms with E-state index in [1.807, 2.05) is 0 Å². The average molecular weight is 254 g/mol. The summed E-state index contributed by atoms with van der Waals surface area (Å²) in [4.78, 5) is 0. The molecule has 18 heavy (non-hydrogen) atoms. The molecule has 106 valence electrons. The monoisotopic (exact) mass is 254 g/mol. The van der Waals surface area contributed by atoms with E-state index in [-0.39, 0.29) is 6.29 Å². The summed E-state index contributed by atoms with van der Waals surface area (Å²) in [7, 11) is 0. The molecule has 1 saturated heterocycles. The topological polar surface area (TPSA) is 18.5 Å². The second-order valence-electron chi connectivity index (χ2n) is 6.52. The van der Waals surface area contributed by atoms with E-state index in [1.165, 1.54) is 51.4 Å². The molecule has 2 rings (SSSR count). The molecule has 0 aromatic heterocycles. The van der Waals surface area contributed by atoms with Crippen molar-refractivity contribution in [2.45, 2.75) is 71.5 Å². The molecular weight excluding hydrogens is 224 g/mol. The molecule has 2 aliphatic rings. The van der Waals surface area contributed by atoms with Crippen molar-refractivity contribution in [2.75, 3.05) is 13.2 Å². The third-order valence-corrected chi connectivity index (χ3v) is 4.57. The summed E-state index contributed by atoms with van der Waals surface area (Å²) < 4.78 is 11.8. The molecule has 0 N–H and O–H groups in total. The number of hydrogen-bond acceptors (Lipinski definition) is 2. The maximum atomic E-state index is 5.89. The largest absolute Gasteiger partial charge is 0.352 e. The van der Waals surface area contributed by atoms with Crippen LogP contribution in [0.2, 0.25) is 0 Å². The molecule has 1 heterocycles. The molecule has 2 nitrogen and oxygen atoms in total. The van der Waals surface area contributed by atoms with Gasteiger partial charge in [-0.3, -0.25) is 0 Å². The molecule has 0 spiro atoms. The lowest BCUT2D eigenvalue weighted by Crippen LogP contribution is -2.30. The second-order valence-corrected chi connectivity index (χ2v) is 6.52. The van der Waals surface area contributed by atoms with Gasteiger partial charge in [0.2, 0.25) is 0 Å². The first-order valence-corrected chi connectivity index (χ1v) is 7.99. The zero-order valence-corrected chi connectivity index (χ0v) is 12.2.